The van der Waals surface area contributed by atoms with Gasteiger partial charge in [-0.3, -0.25) is 4.79 Å². The average Bonchev–Trinajstić information content (AvgIpc) is 3.27. The second kappa shape index (κ2) is 9.67. The molecule has 1 amide bonds. The van der Waals surface area contributed by atoms with Crippen molar-refractivity contribution >= 4 is 44.9 Å². The Balaban J connectivity index is 1.58. The van der Waals surface area contributed by atoms with E-state index in [2.05, 4.69) is 10.2 Å². The lowest BCUT2D eigenvalue weighted by atomic mass is 10.2. The van der Waals surface area contributed by atoms with Gasteiger partial charge < -0.3 is 15.0 Å². The summed E-state index contributed by atoms with van der Waals surface area (Å²) in [6.07, 6.45) is 2.36. The van der Waals surface area contributed by atoms with Gasteiger partial charge in [0.05, 0.1) is 10.6 Å². The summed E-state index contributed by atoms with van der Waals surface area (Å²) in [5.74, 6) is -1.33. The molecule has 2 aromatic rings. The van der Waals surface area contributed by atoms with Crippen molar-refractivity contribution in [3.8, 4) is 0 Å². The second-order valence-corrected chi connectivity index (χ2v) is 9.83. The minimum Gasteiger partial charge on any atom is -0.452 e. The highest BCUT2D eigenvalue weighted by Gasteiger charge is 2.23. The molecule has 166 valence electrons. The highest BCUT2D eigenvalue weighted by Crippen LogP contribution is 2.25. The number of carbonyl (C=O) groups excluding carboxylic acids is 2. The van der Waals surface area contributed by atoms with Crippen molar-refractivity contribution in [1.29, 1.82) is 0 Å². The van der Waals surface area contributed by atoms with Gasteiger partial charge in [-0.25, -0.2) is 17.5 Å². The Kier molecular flexibility index (Phi) is 7.19. The summed E-state index contributed by atoms with van der Waals surface area (Å²) in [6.45, 7) is 1.55. The number of amides is 1. The average molecular weight is 466 g/mol. The molecule has 0 saturated carbocycles. The number of rotatable bonds is 7. The molecule has 31 heavy (non-hydrogen) atoms. The first-order valence-corrected chi connectivity index (χ1v) is 11.5. The van der Waals surface area contributed by atoms with Gasteiger partial charge in [-0.2, -0.15) is 0 Å². The van der Waals surface area contributed by atoms with Crippen LogP contribution in [0.25, 0.3) is 0 Å². The van der Waals surface area contributed by atoms with Gasteiger partial charge in [0.15, 0.2) is 6.61 Å². The van der Waals surface area contributed by atoms with Gasteiger partial charge in [0.2, 0.25) is 10.0 Å². The Hall–Kier alpha value is -2.62. The molecular weight excluding hydrogens is 442 g/mol. The highest BCUT2D eigenvalue weighted by atomic mass is 35.5. The van der Waals surface area contributed by atoms with E-state index in [1.165, 1.54) is 39.1 Å². The van der Waals surface area contributed by atoms with E-state index < -0.39 is 28.5 Å². The molecule has 1 aliphatic rings. The fraction of sp³-hybridized carbons (Fsp3) is 0.333. The predicted molar refractivity (Wildman–Crippen MR) is 119 cm³/mol. The number of nitrogens with zero attached hydrogens (tertiary/aromatic N) is 2. The molecule has 1 fully saturated rings. The molecule has 0 unspecified atom stereocenters. The summed E-state index contributed by atoms with van der Waals surface area (Å²) in [7, 11) is -1.11. The zero-order chi connectivity index (χ0) is 22.6. The van der Waals surface area contributed by atoms with Crippen LogP contribution in [0.15, 0.2) is 47.4 Å². The number of anilines is 2. The van der Waals surface area contributed by atoms with Crippen LogP contribution in [-0.4, -0.2) is 58.4 Å². The SMILES string of the molecule is CN(C)S(=O)(=O)c1cc(C(=O)OCC(=O)Nc2ccc(N3CCCC3)cc2)ccc1Cl. The number of ether oxygens (including phenoxy) is 1. The third-order valence-electron chi connectivity index (χ3n) is 4.88. The topological polar surface area (TPSA) is 96.0 Å². The summed E-state index contributed by atoms with van der Waals surface area (Å²) in [5.41, 5.74) is 1.68. The summed E-state index contributed by atoms with van der Waals surface area (Å²) in [5, 5.41) is 2.65. The maximum atomic E-state index is 12.3. The largest absolute Gasteiger partial charge is 0.452 e. The number of halogens is 1. The molecule has 0 bridgehead atoms. The molecule has 0 aliphatic carbocycles. The number of nitrogens with one attached hydrogen (secondary N) is 1. The Morgan fingerprint density at radius 1 is 1.10 bits per heavy atom. The van der Waals surface area contributed by atoms with Crippen LogP contribution in [0.5, 0.6) is 0 Å². The molecular formula is C21H24ClN3O5S. The Bertz CT molecular complexity index is 1060. The van der Waals surface area contributed by atoms with Crippen LogP contribution >= 0.6 is 11.6 Å². The zero-order valence-electron chi connectivity index (χ0n) is 17.3. The molecule has 0 atom stereocenters. The molecule has 10 heteroatoms. The number of esters is 1. The lowest BCUT2D eigenvalue weighted by molar-refractivity contribution is -0.119. The first kappa shape index (κ1) is 23.1. The summed E-state index contributed by atoms with van der Waals surface area (Å²) in [4.78, 5) is 26.5. The van der Waals surface area contributed by atoms with Gasteiger partial charge >= 0.3 is 5.97 Å². The molecule has 1 heterocycles. The van der Waals surface area contributed by atoms with Gasteiger partial charge in [0.25, 0.3) is 5.91 Å². The van der Waals surface area contributed by atoms with Crippen LogP contribution in [0.2, 0.25) is 5.02 Å². The molecule has 8 nitrogen and oxygen atoms in total. The van der Waals surface area contributed by atoms with Gasteiger partial charge in [0, 0.05) is 38.6 Å². The van der Waals surface area contributed by atoms with E-state index in [9.17, 15) is 18.0 Å². The number of carbonyl (C=O) groups is 2. The minimum absolute atomic E-state index is 0.0135. The molecule has 1 N–H and O–H groups in total. The summed E-state index contributed by atoms with van der Waals surface area (Å²) < 4.78 is 30.7. The zero-order valence-corrected chi connectivity index (χ0v) is 18.9. The molecule has 0 radical (unpaired) electrons. The molecule has 0 aromatic heterocycles. The van der Waals surface area contributed by atoms with Gasteiger partial charge in [-0.05, 0) is 55.3 Å². The third kappa shape index (κ3) is 5.55. The van der Waals surface area contributed by atoms with Crippen LogP contribution in [0.4, 0.5) is 11.4 Å². The van der Waals surface area contributed by atoms with E-state index in [1.807, 2.05) is 12.1 Å². The standard InChI is InChI=1S/C21H24ClN3O5S/c1-24(2)31(28,29)19-13-15(5-10-18(19)22)21(27)30-14-20(26)23-16-6-8-17(9-7-16)25-11-3-4-12-25/h5-10,13H,3-4,11-12,14H2,1-2H3,(H,23,26). The number of benzene rings is 2. The minimum atomic E-state index is -3.83. The quantitative estimate of drug-likeness (QED) is 0.631. The van der Waals surface area contributed by atoms with Crippen LogP contribution in [0.1, 0.15) is 23.2 Å². The van der Waals surface area contributed by atoms with E-state index in [1.54, 1.807) is 12.1 Å². The fourth-order valence-corrected chi connectivity index (χ4v) is 4.56. The Labute approximate surface area is 186 Å². The van der Waals surface area contributed by atoms with E-state index in [0.717, 1.165) is 29.1 Å². The lowest BCUT2D eigenvalue weighted by Crippen LogP contribution is -2.23. The first-order chi connectivity index (χ1) is 14.7. The van der Waals surface area contributed by atoms with Crippen molar-refractivity contribution in [1.82, 2.24) is 4.31 Å². The molecule has 2 aromatic carbocycles. The molecule has 1 aliphatic heterocycles. The van der Waals surface area contributed by atoms with Crippen molar-refractivity contribution < 1.29 is 22.7 Å². The van der Waals surface area contributed by atoms with Crippen LogP contribution in [0.3, 0.4) is 0 Å². The predicted octanol–water partition coefficient (Wildman–Crippen LogP) is 2.99. The summed E-state index contributed by atoms with van der Waals surface area (Å²) >= 11 is 5.97. The number of hydrogen-bond acceptors (Lipinski definition) is 6. The van der Waals surface area contributed by atoms with Crippen molar-refractivity contribution in [2.24, 2.45) is 0 Å². The van der Waals surface area contributed by atoms with Crippen molar-refractivity contribution in [3.05, 3.63) is 53.1 Å². The number of sulfonamides is 1. The molecule has 0 spiro atoms. The first-order valence-electron chi connectivity index (χ1n) is 9.72. The maximum Gasteiger partial charge on any atom is 0.338 e. The van der Waals surface area contributed by atoms with E-state index in [4.69, 9.17) is 16.3 Å². The lowest BCUT2D eigenvalue weighted by Gasteiger charge is -2.17. The summed E-state index contributed by atoms with van der Waals surface area (Å²) in [6, 6.07) is 11.2. The van der Waals surface area contributed by atoms with Crippen LogP contribution in [0, 0.1) is 0 Å². The monoisotopic (exact) mass is 465 g/mol. The van der Waals surface area contributed by atoms with Crippen LogP contribution < -0.4 is 10.2 Å². The van der Waals surface area contributed by atoms with Crippen molar-refractivity contribution in [3.63, 3.8) is 0 Å². The number of hydrogen-bond donors (Lipinski definition) is 1. The van der Waals surface area contributed by atoms with Gasteiger partial charge in [-0.1, -0.05) is 11.6 Å². The van der Waals surface area contributed by atoms with E-state index in [-0.39, 0.29) is 15.5 Å². The third-order valence-corrected chi connectivity index (χ3v) is 7.18. The van der Waals surface area contributed by atoms with E-state index in [0.29, 0.717) is 5.69 Å². The fourth-order valence-electron chi connectivity index (χ4n) is 3.17. The van der Waals surface area contributed by atoms with Crippen molar-refractivity contribution in [2.75, 3.05) is 44.0 Å². The van der Waals surface area contributed by atoms with Gasteiger partial charge in [-0.15, -0.1) is 0 Å². The van der Waals surface area contributed by atoms with Crippen LogP contribution in [-0.2, 0) is 19.6 Å². The Morgan fingerprint density at radius 2 is 1.74 bits per heavy atom. The van der Waals surface area contributed by atoms with Gasteiger partial charge in [0.1, 0.15) is 4.90 Å². The maximum absolute atomic E-state index is 12.3. The van der Waals surface area contributed by atoms with Crippen molar-refractivity contribution in [2.45, 2.75) is 17.7 Å². The molecule has 1 saturated heterocycles. The highest BCUT2D eigenvalue weighted by molar-refractivity contribution is 7.89. The molecule has 3 rings (SSSR count). The normalized spacial score (nSPS) is 14.0. The Morgan fingerprint density at radius 3 is 2.35 bits per heavy atom. The van der Waals surface area contributed by atoms with E-state index >= 15 is 0 Å². The smallest absolute Gasteiger partial charge is 0.338 e. The second-order valence-electron chi connectivity index (χ2n) is 7.30.